The van der Waals surface area contributed by atoms with E-state index < -0.39 is 0 Å². The van der Waals surface area contributed by atoms with E-state index in [0.717, 1.165) is 28.0 Å². The quantitative estimate of drug-likeness (QED) is 0.473. The molecule has 0 N–H and O–H groups in total. The lowest BCUT2D eigenvalue weighted by Gasteiger charge is -2.27. The van der Waals surface area contributed by atoms with Crippen molar-refractivity contribution in [3.8, 4) is 28.0 Å². The molecule has 0 unspecified atom stereocenters. The SMILES string of the molecule is COc1ccccc1-c1cc(-c2ccccc2)cc2c(=O)cc(N3CCOCC3)oc12. The fraction of sp³-hybridized carbons (Fsp3) is 0.192. The number of methoxy groups -OCH3 is 1. The Labute approximate surface area is 180 Å². The molecule has 5 heteroatoms. The van der Waals surface area contributed by atoms with Crippen LogP contribution in [0.15, 0.2) is 82.0 Å². The van der Waals surface area contributed by atoms with Crippen LogP contribution in [-0.4, -0.2) is 33.4 Å². The Morgan fingerprint density at radius 1 is 0.839 bits per heavy atom. The third kappa shape index (κ3) is 3.68. The molecule has 0 amide bonds. The van der Waals surface area contributed by atoms with E-state index in [9.17, 15) is 4.79 Å². The van der Waals surface area contributed by atoms with Gasteiger partial charge in [-0.25, -0.2) is 0 Å². The van der Waals surface area contributed by atoms with Crippen LogP contribution in [0.2, 0.25) is 0 Å². The summed E-state index contributed by atoms with van der Waals surface area (Å²) in [6, 6.07) is 23.4. The zero-order valence-electron chi connectivity index (χ0n) is 17.3. The van der Waals surface area contributed by atoms with Crippen LogP contribution in [0.25, 0.3) is 33.2 Å². The number of hydrogen-bond acceptors (Lipinski definition) is 5. The number of ether oxygens (including phenoxy) is 2. The second-order valence-electron chi connectivity index (χ2n) is 7.52. The molecular formula is C26H23NO4. The number of hydrogen-bond donors (Lipinski definition) is 0. The van der Waals surface area contributed by atoms with Gasteiger partial charge in [-0.2, -0.15) is 0 Å². The summed E-state index contributed by atoms with van der Waals surface area (Å²) in [5.41, 5.74) is 4.23. The highest BCUT2D eigenvalue weighted by Crippen LogP contribution is 2.38. The fourth-order valence-corrected chi connectivity index (χ4v) is 4.05. The molecule has 2 heterocycles. The first-order chi connectivity index (χ1) is 15.2. The molecular weight excluding hydrogens is 390 g/mol. The second-order valence-corrected chi connectivity index (χ2v) is 7.52. The Balaban J connectivity index is 1.79. The normalized spacial score (nSPS) is 14.0. The minimum atomic E-state index is -0.0586. The molecule has 31 heavy (non-hydrogen) atoms. The number of rotatable bonds is 4. The molecule has 0 aliphatic carbocycles. The van der Waals surface area contributed by atoms with Gasteiger partial charge in [0.05, 0.1) is 25.7 Å². The molecule has 1 fully saturated rings. The lowest BCUT2D eigenvalue weighted by Crippen LogP contribution is -2.36. The monoisotopic (exact) mass is 413 g/mol. The van der Waals surface area contributed by atoms with Crippen LogP contribution in [0.3, 0.4) is 0 Å². The molecule has 5 rings (SSSR count). The van der Waals surface area contributed by atoms with Gasteiger partial charge in [0.25, 0.3) is 0 Å². The molecule has 3 aromatic carbocycles. The summed E-state index contributed by atoms with van der Waals surface area (Å²) in [5, 5.41) is 0.555. The van der Waals surface area contributed by atoms with E-state index in [0.29, 0.717) is 43.2 Å². The maximum atomic E-state index is 13.2. The van der Waals surface area contributed by atoms with Crippen molar-refractivity contribution < 1.29 is 13.9 Å². The van der Waals surface area contributed by atoms with Gasteiger partial charge >= 0.3 is 0 Å². The predicted molar refractivity (Wildman–Crippen MR) is 123 cm³/mol. The van der Waals surface area contributed by atoms with Crippen LogP contribution in [0.5, 0.6) is 5.75 Å². The third-order valence-corrected chi connectivity index (χ3v) is 5.64. The first-order valence-electron chi connectivity index (χ1n) is 10.4. The Hall–Kier alpha value is -3.57. The predicted octanol–water partition coefficient (Wildman–Crippen LogP) is 4.97. The maximum Gasteiger partial charge on any atom is 0.200 e. The third-order valence-electron chi connectivity index (χ3n) is 5.64. The Kier molecular flexibility index (Phi) is 5.18. The number of fused-ring (bicyclic) bond motifs is 1. The number of nitrogens with zero attached hydrogens (tertiary/aromatic N) is 1. The van der Waals surface area contributed by atoms with Crippen molar-refractivity contribution in [1.29, 1.82) is 0 Å². The Morgan fingerprint density at radius 2 is 1.58 bits per heavy atom. The molecule has 0 saturated carbocycles. The average molecular weight is 413 g/mol. The van der Waals surface area contributed by atoms with Gasteiger partial charge in [-0.3, -0.25) is 4.79 Å². The molecule has 0 spiro atoms. The second kappa shape index (κ2) is 8.28. The maximum absolute atomic E-state index is 13.2. The molecule has 1 aromatic heterocycles. The minimum Gasteiger partial charge on any atom is -0.496 e. The highest BCUT2D eigenvalue weighted by atomic mass is 16.5. The summed E-state index contributed by atoms with van der Waals surface area (Å²) in [6.07, 6.45) is 0. The van der Waals surface area contributed by atoms with E-state index >= 15 is 0 Å². The van der Waals surface area contributed by atoms with Crippen LogP contribution in [-0.2, 0) is 4.74 Å². The Morgan fingerprint density at radius 3 is 2.35 bits per heavy atom. The van der Waals surface area contributed by atoms with Gasteiger partial charge < -0.3 is 18.8 Å². The van der Waals surface area contributed by atoms with Crippen molar-refractivity contribution in [2.45, 2.75) is 0 Å². The van der Waals surface area contributed by atoms with E-state index in [1.54, 1.807) is 13.2 Å². The number of para-hydroxylation sites is 1. The summed E-state index contributed by atoms with van der Waals surface area (Å²) in [7, 11) is 1.65. The average Bonchev–Trinajstić information content (AvgIpc) is 2.84. The standard InChI is InChI=1S/C26H23NO4/c1-29-24-10-6-5-9-20(24)21-15-19(18-7-3-2-4-8-18)16-22-23(28)17-25(31-26(21)22)27-11-13-30-14-12-27/h2-10,15-17H,11-14H2,1H3. The van der Waals surface area contributed by atoms with Crippen LogP contribution < -0.4 is 15.1 Å². The number of benzene rings is 3. The molecule has 1 saturated heterocycles. The van der Waals surface area contributed by atoms with Gasteiger partial charge in [0.1, 0.15) is 11.3 Å². The molecule has 1 aliphatic heterocycles. The molecule has 0 radical (unpaired) electrons. The van der Waals surface area contributed by atoms with Crippen molar-refractivity contribution in [3.05, 3.63) is 83.0 Å². The summed E-state index contributed by atoms with van der Waals surface area (Å²) in [4.78, 5) is 15.3. The molecule has 0 atom stereocenters. The van der Waals surface area contributed by atoms with Crippen molar-refractivity contribution >= 4 is 16.9 Å². The van der Waals surface area contributed by atoms with Crippen LogP contribution in [0, 0.1) is 0 Å². The van der Waals surface area contributed by atoms with E-state index in [2.05, 4.69) is 11.0 Å². The van der Waals surface area contributed by atoms with Gasteiger partial charge in [0.2, 0.25) is 0 Å². The number of morpholine rings is 1. The van der Waals surface area contributed by atoms with Gasteiger partial charge in [-0.1, -0.05) is 48.5 Å². The van der Waals surface area contributed by atoms with Gasteiger partial charge in [-0.05, 0) is 29.3 Å². The lowest BCUT2D eigenvalue weighted by atomic mass is 9.95. The van der Waals surface area contributed by atoms with Gasteiger partial charge in [0, 0.05) is 30.3 Å². The van der Waals surface area contributed by atoms with Crippen LogP contribution >= 0.6 is 0 Å². The summed E-state index contributed by atoms with van der Waals surface area (Å²) in [6.45, 7) is 2.63. The first kappa shape index (κ1) is 19.4. The zero-order valence-corrected chi connectivity index (χ0v) is 17.3. The summed E-state index contributed by atoms with van der Waals surface area (Å²) >= 11 is 0. The van der Waals surface area contributed by atoms with Crippen molar-refractivity contribution in [2.75, 3.05) is 38.3 Å². The van der Waals surface area contributed by atoms with E-state index in [4.69, 9.17) is 13.9 Å². The molecule has 1 aliphatic rings. The number of anilines is 1. The molecule has 0 bridgehead atoms. The molecule has 4 aromatic rings. The smallest absolute Gasteiger partial charge is 0.200 e. The topological polar surface area (TPSA) is 51.9 Å². The molecule has 156 valence electrons. The van der Waals surface area contributed by atoms with Gasteiger partial charge in [0.15, 0.2) is 11.3 Å². The van der Waals surface area contributed by atoms with Crippen molar-refractivity contribution in [3.63, 3.8) is 0 Å². The summed E-state index contributed by atoms with van der Waals surface area (Å²) < 4.78 is 17.4. The largest absolute Gasteiger partial charge is 0.496 e. The summed E-state index contributed by atoms with van der Waals surface area (Å²) in [5.74, 6) is 1.30. The van der Waals surface area contributed by atoms with Crippen LogP contribution in [0.4, 0.5) is 5.88 Å². The highest BCUT2D eigenvalue weighted by Gasteiger charge is 2.19. The van der Waals surface area contributed by atoms with E-state index in [1.165, 1.54) is 0 Å². The van der Waals surface area contributed by atoms with Gasteiger partial charge in [-0.15, -0.1) is 0 Å². The Bertz CT molecular complexity index is 1270. The minimum absolute atomic E-state index is 0.0586. The lowest BCUT2D eigenvalue weighted by molar-refractivity contribution is 0.121. The van der Waals surface area contributed by atoms with Crippen LogP contribution in [0.1, 0.15) is 0 Å². The van der Waals surface area contributed by atoms with Crippen molar-refractivity contribution in [2.24, 2.45) is 0 Å². The highest BCUT2D eigenvalue weighted by molar-refractivity contribution is 5.98. The van der Waals surface area contributed by atoms with Crippen molar-refractivity contribution in [1.82, 2.24) is 0 Å². The zero-order chi connectivity index (χ0) is 21.2. The van der Waals surface area contributed by atoms with E-state index in [1.807, 2.05) is 60.7 Å². The molecule has 5 nitrogen and oxygen atoms in total. The van der Waals surface area contributed by atoms with E-state index in [-0.39, 0.29) is 5.43 Å². The fourth-order valence-electron chi connectivity index (χ4n) is 4.05. The first-order valence-corrected chi connectivity index (χ1v) is 10.4.